The Morgan fingerprint density at radius 3 is 2.94 bits per heavy atom. The quantitative estimate of drug-likeness (QED) is 0.689. The van der Waals surface area contributed by atoms with E-state index in [1.165, 1.54) is 0 Å². The lowest BCUT2D eigenvalue weighted by Gasteiger charge is -2.03. The number of carboxylic acid groups (broad SMARTS) is 1. The van der Waals surface area contributed by atoms with Gasteiger partial charge in [-0.25, -0.2) is 4.79 Å². The summed E-state index contributed by atoms with van der Waals surface area (Å²) in [6.07, 6.45) is 0. The Morgan fingerprint density at radius 2 is 2.38 bits per heavy atom. The molecule has 0 atom stereocenters. The van der Waals surface area contributed by atoms with Crippen molar-refractivity contribution in [1.82, 2.24) is 5.32 Å². The van der Waals surface area contributed by atoms with Crippen LogP contribution in [0.3, 0.4) is 0 Å². The van der Waals surface area contributed by atoms with Crippen molar-refractivity contribution in [1.29, 1.82) is 0 Å². The van der Waals surface area contributed by atoms with Crippen LogP contribution in [-0.4, -0.2) is 30.8 Å². The number of aryl methyl sites for hydroxylation is 1. The lowest BCUT2D eigenvalue weighted by atomic mass is 10.2. The van der Waals surface area contributed by atoms with Gasteiger partial charge in [0.25, 0.3) is 0 Å². The van der Waals surface area contributed by atoms with Crippen LogP contribution in [0.1, 0.15) is 28.8 Å². The van der Waals surface area contributed by atoms with Gasteiger partial charge in [0, 0.05) is 25.3 Å². The van der Waals surface area contributed by atoms with Crippen molar-refractivity contribution in [2.75, 3.05) is 19.8 Å². The van der Waals surface area contributed by atoms with E-state index in [9.17, 15) is 4.79 Å². The fraction of sp³-hybridized carbons (Fsp3) is 0.545. The summed E-state index contributed by atoms with van der Waals surface area (Å²) in [5, 5.41) is 11.9. The molecule has 0 saturated carbocycles. The summed E-state index contributed by atoms with van der Waals surface area (Å²) in [6.45, 7) is 6.39. The molecular formula is C11H17NO4. The maximum absolute atomic E-state index is 10.6. The number of carboxylic acids is 1. The SMILES string of the molecule is CCOCCNCc1cc(C(=O)O)oc1C. The van der Waals surface area contributed by atoms with Crippen LogP contribution >= 0.6 is 0 Å². The molecule has 0 bridgehead atoms. The Bertz CT molecular complexity index is 346. The number of furan rings is 1. The van der Waals surface area contributed by atoms with Crippen molar-refractivity contribution >= 4 is 5.97 Å². The highest BCUT2D eigenvalue weighted by Gasteiger charge is 2.12. The van der Waals surface area contributed by atoms with E-state index in [0.29, 0.717) is 25.5 Å². The Kier molecular flexibility index (Phi) is 5.01. The molecule has 0 aliphatic heterocycles. The molecule has 2 N–H and O–H groups in total. The van der Waals surface area contributed by atoms with Crippen LogP contribution < -0.4 is 5.32 Å². The normalized spacial score (nSPS) is 10.6. The third-order valence-corrected chi connectivity index (χ3v) is 2.17. The van der Waals surface area contributed by atoms with E-state index in [4.69, 9.17) is 14.3 Å². The van der Waals surface area contributed by atoms with Crippen LogP contribution in [0.15, 0.2) is 10.5 Å². The molecule has 1 aromatic rings. The van der Waals surface area contributed by atoms with Crippen LogP contribution in [0.2, 0.25) is 0 Å². The highest BCUT2D eigenvalue weighted by Crippen LogP contribution is 2.14. The topological polar surface area (TPSA) is 71.7 Å². The summed E-state index contributed by atoms with van der Waals surface area (Å²) >= 11 is 0. The first-order valence-corrected chi connectivity index (χ1v) is 5.26. The highest BCUT2D eigenvalue weighted by molar-refractivity contribution is 5.84. The molecule has 0 unspecified atom stereocenters. The maximum atomic E-state index is 10.6. The summed E-state index contributed by atoms with van der Waals surface area (Å²) in [4.78, 5) is 10.6. The molecule has 90 valence electrons. The Labute approximate surface area is 94.4 Å². The van der Waals surface area contributed by atoms with Crippen molar-refractivity contribution in [3.63, 3.8) is 0 Å². The molecule has 1 rings (SSSR count). The molecule has 0 aliphatic rings. The molecule has 0 spiro atoms. The highest BCUT2D eigenvalue weighted by atomic mass is 16.5. The first kappa shape index (κ1) is 12.7. The molecule has 1 heterocycles. The summed E-state index contributed by atoms with van der Waals surface area (Å²) in [6, 6.07) is 1.55. The second kappa shape index (κ2) is 6.30. The van der Waals surface area contributed by atoms with Gasteiger partial charge >= 0.3 is 5.97 Å². The zero-order chi connectivity index (χ0) is 12.0. The van der Waals surface area contributed by atoms with Gasteiger partial charge in [0.1, 0.15) is 5.76 Å². The van der Waals surface area contributed by atoms with Gasteiger partial charge in [-0.2, -0.15) is 0 Å². The first-order chi connectivity index (χ1) is 7.65. The third kappa shape index (κ3) is 3.67. The molecule has 0 radical (unpaired) electrons. The molecule has 0 aliphatic carbocycles. The predicted octanol–water partition coefficient (Wildman–Crippen LogP) is 1.41. The van der Waals surface area contributed by atoms with Gasteiger partial charge < -0.3 is 19.6 Å². The van der Waals surface area contributed by atoms with E-state index in [-0.39, 0.29) is 5.76 Å². The molecule has 5 nitrogen and oxygen atoms in total. The number of nitrogens with one attached hydrogen (secondary N) is 1. The number of aromatic carboxylic acids is 1. The maximum Gasteiger partial charge on any atom is 0.371 e. The largest absolute Gasteiger partial charge is 0.475 e. The summed E-state index contributed by atoms with van der Waals surface area (Å²) < 4.78 is 10.2. The molecule has 16 heavy (non-hydrogen) atoms. The van der Waals surface area contributed by atoms with Gasteiger partial charge in [0.05, 0.1) is 6.61 Å². The molecule has 0 saturated heterocycles. The zero-order valence-electron chi connectivity index (χ0n) is 9.58. The second-order valence-corrected chi connectivity index (χ2v) is 3.37. The minimum atomic E-state index is -1.04. The Hall–Kier alpha value is -1.33. The zero-order valence-corrected chi connectivity index (χ0v) is 9.58. The van der Waals surface area contributed by atoms with E-state index < -0.39 is 5.97 Å². The molecular weight excluding hydrogens is 210 g/mol. The van der Waals surface area contributed by atoms with Gasteiger partial charge in [-0.1, -0.05) is 0 Å². The van der Waals surface area contributed by atoms with Crippen LogP contribution in [0.25, 0.3) is 0 Å². The lowest BCUT2D eigenvalue weighted by molar-refractivity contribution is 0.0661. The Balaban J connectivity index is 2.39. The van der Waals surface area contributed by atoms with E-state index in [1.807, 2.05) is 6.92 Å². The number of carbonyl (C=O) groups is 1. The van der Waals surface area contributed by atoms with E-state index >= 15 is 0 Å². The monoisotopic (exact) mass is 227 g/mol. The lowest BCUT2D eigenvalue weighted by Crippen LogP contribution is -2.19. The van der Waals surface area contributed by atoms with Crippen molar-refractivity contribution < 1.29 is 19.1 Å². The minimum absolute atomic E-state index is 0.0147. The molecule has 1 aromatic heterocycles. The van der Waals surface area contributed by atoms with Gasteiger partial charge in [-0.05, 0) is 19.9 Å². The fourth-order valence-electron chi connectivity index (χ4n) is 1.31. The number of rotatable bonds is 7. The molecule has 0 fully saturated rings. The Morgan fingerprint density at radius 1 is 1.62 bits per heavy atom. The smallest absolute Gasteiger partial charge is 0.371 e. The van der Waals surface area contributed by atoms with Crippen LogP contribution in [0, 0.1) is 6.92 Å². The summed E-state index contributed by atoms with van der Waals surface area (Å²) in [5.74, 6) is -0.413. The second-order valence-electron chi connectivity index (χ2n) is 3.37. The van der Waals surface area contributed by atoms with Crippen molar-refractivity contribution in [3.8, 4) is 0 Å². The molecule has 0 aromatic carbocycles. The first-order valence-electron chi connectivity index (χ1n) is 5.26. The van der Waals surface area contributed by atoms with Gasteiger partial charge in [0.15, 0.2) is 0 Å². The molecule has 5 heteroatoms. The number of ether oxygens (including phenoxy) is 1. The third-order valence-electron chi connectivity index (χ3n) is 2.17. The van der Waals surface area contributed by atoms with Crippen LogP contribution in [-0.2, 0) is 11.3 Å². The average molecular weight is 227 g/mol. The summed E-state index contributed by atoms with van der Waals surface area (Å²) in [5.41, 5.74) is 0.869. The van der Waals surface area contributed by atoms with Gasteiger partial charge in [0.2, 0.25) is 5.76 Å². The number of hydrogen-bond donors (Lipinski definition) is 2. The predicted molar refractivity (Wildman–Crippen MR) is 58.6 cm³/mol. The van der Waals surface area contributed by atoms with Gasteiger partial charge in [-0.3, -0.25) is 0 Å². The van der Waals surface area contributed by atoms with Crippen molar-refractivity contribution in [3.05, 3.63) is 23.2 Å². The minimum Gasteiger partial charge on any atom is -0.475 e. The van der Waals surface area contributed by atoms with Crippen LogP contribution in [0.5, 0.6) is 0 Å². The average Bonchev–Trinajstić information content (AvgIpc) is 2.60. The standard InChI is InChI=1S/C11H17NO4/c1-3-15-5-4-12-7-9-6-10(11(13)14)16-8(9)2/h6,12H,3-5,7H2,1-2H3,(H,13,14). The van der Waals surface area contributed by atoms with Crippen molar-refractivity contribution in [2.24, 2.45) is 0 Å². The van der Waals surface area contributed by atoms with Gasteiger partial charge in [-0.15, -0.1) is 0 Å². The van der Waals surface area contributed by atoms with E-state index in [1.54, 1.807) is 13.0 Å². The van der Waals surface area contributed by atoms with Crippen LogP contribution in [0.4, 0.5) is 0 Å². The molecule has 0 amide bonds. The van der Waals surface area contributed by atoms with Crippen molar-refractivity contribution in [2.45, 2.75) is 20.4 Å². The number of hydrogen-bond acceptors (Lipinski definition) is 4. The fourth-order valence-corrected chi connectivity index (χ4v) is 1.31. The van der Waals surface area contributed by atoms with E-state index in [2.05, 4.69) is 5.32 Å². The summed E-state index contributed by atoms with van der Waals surface area (Å²) in [7, 11) is 0. The van der Waals surface area contributed by atoms with E-state index in [0.717, 1.165) is 12.1 Å².